The molecule has 5 atom stereocenters. The van der Waals surface area contributed by atoms with Crippen molar-refractivity contribution in [2.75, 3.05) is 25.1 Å². The molecule has 1 saturated carbocycles. The molecule has 12 heteroatoms. The fraction of sp³-hybridized carbons (Fsp3) is 0.684. The second-order valence-corrected chi connectivity index (χ2v) is 8.17. The quantitative estimate of drug-likeness (QED) is 0.486. The Morgan fingerprint density at radius 2 is 2.06 bits per heavy atom. The van der Waals surface area contributed by atoms with E-state index in [9.17, 15) is 15.0 Å². The van der Waals surface area contributed by atoms with Crippen molar-refractivity contribution >= 4 is 23.1 Å². The van der Waals surface area contributed by atoms with Gasteiger partial charge in [0.1, 0.15) is 31.2 Å². The molecule has 1 amide bonds. The van der Waals surface area contributed by atoms with Crippen molar-refractivity contribution in [2.24, 2.45) is 0 Å². The van der Waals surface area contributed by atoms with Crippen LogP contribution in [0.4, 0.5) is 10.6 Å². The Balaban J connectivity index is 1.27. The average molecular weight is 434 g/mol. The van der Waals surface area contributed by atoms with E-state index in [-0.39, 0.29) is 18.7 Å². The molecule has 0 aromatic carbocycles. The van der Waals surface area contributed by atoms with Gasteiger partial charge in [-0.15, -0.1) is 0 Å². The molecule has 2 aromatic rings. The molecule has 0 bridgehead atoms. The summed E-state index contributed by atoms with van der Waals surface area (Å²) in [5.74, 6) is 0.569. The molecule has 0 radical (unpaired) electrons. The summed E-state index contributed by atoms with van der Waals surface area (Å²) in [4.78, 5) is 24.8. The first-order valence-electron chi connectivity index (χ1n) is 10.6. The molecule has 2 aromatic heterocycles. The molecule has 12 nitrogen and oxygen atoms in total. The van der Waals surface area contributed by atoms with Crippen molar-refractivity contribution in [1.29, 1.82) is 0 Å². The van der Waals surface area contributed by atoms with Gasteiger partial charge in [-0.05, 0) is 25.7 Å². The summed E-state index contributed by atoms with van der Waals surface area (Å²) < 4.78 is 17.9. The maximum Gasteiger partial charge on any atom is 0.407 e. The number of anilines is 1. The van der Waals surface area contributed by atoms with Gasteiger partial charge in [-0.3, -0.25) is 4.57 Å². The summed E-state index contributed by atoms with van der Waals surface area (Å²) in [6.45, 7) is 1.12. The molecule has 31 heavy (non-hydrogen) atoms. The summed E-state index contributed by atoms with van der Waals surface area (Å²) in [7, 11) is 0. The maximum atomic E-state index is 11.9. The van der Waals surface area contributed by atoms with Gasteiger partial charge in [-0.2, -0.15) is 0 Å². The van der Waals surface area contributed by atoms with E-state index in [0.717, 1.165) is 25.7 Å². The molecule has 2 saturated heterocycles. The zero-order chi connectivity index (χ0) is 21.4. The zero-order valence-electron chi connectivity index (χ0n) is 16.9. The van der Waals surface area contributed by atoms with Gasteiger partial charge < -0.3 is 35.1 Å². The molecule has 4 N–H and O–H groups in total. The SMILES string of the molecule is O=C(NC1CCC1)OC[C@H]1OC(n2cnc3c(NC4CCOC4)ncnc32)C(O)[C@@H]1O. The number of nitrogens with zero attached hydrogens (tertiary/aromatic N) is 4. The molecule has 168 valence electrons. The molecule has 3 unspecified atom stereocenters. The van der Waals surface area contributed by atoms with Gasteiger partial charge in [0.25, 0.3) is 0 Å². The number of aliphatic hydroxyl groups excluding tert-OH is 2. The number of aliphatic hydroxyl groups is 2. The number of carbonyl (C=O) groups excluding carboxylic acids is 1. The van der Waals surface area contributed by atoms with Gasteiger partial charge in [0.05, 0.1) is 19.0 Å². The predicted octanol–water partition coefficient (Wildman–Crippen LogP) is -0.0750. The van der Waals surface area contributed by atoms with Crippen LogP contribution in [-0.2, 0) is 14.2 Å². The van der Waals surface area contributed by atoms with Crippen molar-refractivity contribution < 1.29 is 29.2 Å². The van der Waals surface area contributed by atoms with E-state index in [2.05, 4.69) is 25.6 Å². The number of aromatic nitrogens is 4. The van der Waals surface area contributed by atoms with Crippen molar-refractivity contribution in [3.8, 4) is 0 Å². The first-order chi connectivity index (χ1) is 15.1. The van der Waals surface area contributed by atoms with Crippen LogP contribution in [0.1, 0.15) is 31.9 Å². The van der Waals surface area contributed by atoms with Crippen LogP contribution in [0.2, 0.25) is 0 Å². The van der Waals surface area contributed by atoms with Gasteiger partial charge in [0, 0.05) is 12.6 Å². The monoisotopic (exact) mass is 434 g/mol. The standard InChI is InChI=1S/C19H26N6O6/c26-14-12(7-30-19(28)24-10-2-1-3-10)31-18(15(14)27)25-9-22-13-16(20-8-21-17(13)25)23-11-4-5-29-6-11/h8-12,14-15,18,26-27H,1-7H2,(H,24,28)(H,20,21,23)/t11?,12-,14-,15?,18?/m1/s1. The van der Waals surface area contributed by atoms with Gasteiger partial charge in [0.2, 0.25) is 0 Å². The summed E-state index contributed by atoms with van der Waals surface area (Å²) in [5.41, 5.74) is 0.983. The zero-order valence-corrected chi connectivity index (χ0v) is 16.9. The van der Waals surface area contributed by atoms with E-state index in [0.29, 0.717) is 30.2 Å². The molecule has 4 heterocycles. The highest BCUT2D eigenvalue weighted by atomic mass is 16.6. The lowest BCUT2D eigenvalue weighted by Crippen LogP contribution is -2.41. The number of hydrogen-bond donors (Lipinski definition) is 4. The van der Waals surface area contributed by atoms with E-state index >= 15 is 0 Å². The van der Waals surface area contributed by atoms with Gasteiger partial charge >= 0.3 is 6.09 Å². The molecule has 0 spiro atoms. The number of fused-ring (bicyclic) bond motifs is 1. The highest BCUT2D eigenvalue weighted by molar-refractivity contribution is 5.82. The largest absolute Gasteiger partial charge is 0.447 e. The van der Waals surface area contributed by atoms with Crippen LogP contribution in [0.5, 0.6) is 0 Å². The van der Waals surface area contributed by atoms with Crippen LogP contribution in [0.3, 0.4) is 0 Å². The van der Waals surface area contributed by atoms with Gasteiger partial charge in [-0.25, -0.2) is 19.7 Å². The summed E-state index contributed by atoms with van der Waals surface area (Å²) in [5, 5.41) is 27.0. The molecule has 2 aliphatic heterocycles. The fourth-order valence-corrected chi connectivity index (χ4v) is 4.00. The van der Waals surface area contributed by atoms with E-state index in [1.165, 1.54) is 12.7 Å². The Morgan fingerprint density at radius 3 is 2.81 bits per heavy atom. The Hall–Kier alpha value is -2.54. The fourth-order valence-electron chi connectivity index (χ4n) is 4.00. The highest BCUT2D eigenvalue weighted by Crippen LogP contribution is 2.32. The molecule has 3 aliphatic rings. The number of ether oxygens (including phenoxy) is 3. The maximum absolute atomic E-state index is 11.9. The lowest BCUT2D eigenvalue weighted by Gasteiger charge is -2.26. The third-order valence-corrected chi connectivity index (χ3v) is 6.05. The number of alkyl carbamates (subject to hydrolysis) is 1. The van der Waals surface area contributed by atoms with Crippen LogP contribution in [-0.4, -0.2) is 86.0 Å². The van der Waals surface area contributed by atoms with E-state index in [1.54, 1.807) is 4.57 Å². The summed E-state index contributed by atoms with van der Waals surface area (Å²) in [6.07, 6.45) is 1.92. The third kappa shape index (κ3) is 4.03. The highest BCUT2D eigenvalue weighted by Gasteiger charge is 2.45. The second-order valence-electron chi connectivity index (χ2n) is 8.17. The Labute approximate surface area is 177 Å². The minimum absolute atomic E-state index is 0.144. The van der Waals surface area contributed by atoms with Crippen LogP contribution in [0.15, 0.2) is 12.7 Å². The second kappa shape index (κ2) is 8.54. The Bertz CT molecular complexity index is 930. The Kier molecular flexibility index (Phi) is 5.61. The van der Waals surface area contributed by atoms with Gasteiger partial charge in [0.15, 0.2) is 23.2 Å². The number of hydrogen-bond acceptors (Lipinski definition) is 10. The lowest BCUT2D eigenvalue weighted by atomic mass is 9.93. The third-order valence-electron chi connectivity index (χ3n) is 6.05. The lowest BCUT2D eigenvalue weighted by molar-refractivity contribution is -0.0536. The van der Waals surface area contributed by atoms with E-state index in [1.807, 2.05) is 0 Å². The van der Waals surface area contributed by atoms with Crippen LogP contribution in [0, 0.1) is 0 Å². The smallest absolute Gasteiger partial charge is 0.407 e. The number of amides is 1. The first-order valence-corrected chi connectivity index (χ1v) is 10.6. The van der Waals surface area contributed by atoms with Crippen molar-refractivity contribution in [3.63, 3.8) is 0 Å². The number of carbonyl (C=O) groups is 1. The van der Waals surface area contributed by atoms with Crippen LogP contribution in [0.25, 0.3) is 11.2 Å². The van der Waals surface area contributed by atoms with Crippen molar-refractivity contribution in [2.45, 2.75) is 62.3 Å². The molecular weight excluding hydrogens is 408 g/mol. The topological polar surface area (TPSA) is 153 Å². The van der Waals surface area contributed by atoms with Gasteiger partial charge in [-0.1, -0.05) is 0 Å². The average Bonchev–Trinajstić information content (AvgIpc) is 3.45. The first kappa shape index (κ1) is 20.4. The molecule has 5 rings (SSSR count). The minimum Gasteiger partial charge on any atom is -0.447 e. The normalized spacial score (nSPS) is 31.0. The molecule has 3 fully saturated rings. The Morgan fingerprint density at radius 1 is 1.19 bits per heavy atom. The number of nitrogens with one attached hydrogen (secondary N) is 2. The minimum atomic E-state index is -1.24. The molecular formula is C19H26N6O6. The predicted molar refractivity (Wildman–Crippen MR) is 106 cm³/mol. The summed E-state index contributed by atoms with van der Waals surface area (Å²) in [6, 6.07) is 0.293. The van der Waals surface area contributed by atoms with Crippen LogP contribution >= 0.6 is 0 Å². The van der Waals surface area contributed by atoms with Crippen molar-refractivity contribution in [3.05, 3.63) is 12.7 Å². The summed E-state index contributed by atoms with van der Waals surface area (Å²) >= 11 is 0. The van der Waals surface area contributed by atoms with E-state index in [4.69, 9.17) is 14.2 Å². The number of rotatable bonds is 6. The molecule has 1 aliphatic carbocycles. The number of imidazole rings is 1. The van der Waals surface area contributed by atoms with Crippen LogP contribution < -0.4 is 10.6 Å². The van der Waals surface area contributed by atoms with Crippen molar-refractivity contribution in [1.82, 2.24) is 24.8 Å². The van der Waals surface area contributed by atoms with E-state index < -0.39 is 30.6 Å².